The fourth-order valence-electron chi connectivity index (χ4n) is 0. The molecule has 53 valence electrons. The van der Waals surface area contributed by atoms with Gasteiger partial charge in [0.2, 0.25) is 0 Å². The molecule has 0 aromatic rings. The summed E-state index contributed by atoms with van der Waals surface area (Å²) in [5.41, 5.74) is 9.81. The first-order valence-electron chi connectivity index (χ1n) is 1.32. The molecule has 0 rings (SSSR count). The molecule has 0 aromatic heterocycles. The number of nitrogens with two attached hydrogens (primary N) is 2. The first kappa shape index (κ1) is 26.4. The van der Waals surface area contributed by atoms with Gasteiger partial charge in [-0.3, -0.25) is 0 Å². The van der Waals surface area contributed by atoms with Crippen molar-refractivity contribution in [3.05, 3.63) is 0 Å². The van der Waals surface area contributed by atoms with Crippen LogP contribution in [-0.2, 0) is 17.1 Å². The zero-order chi connectivity index (χ0) is 3.41. The summed E-state index contributed by atoms with van der Waals surface area (Å²) < 4.78 is 0. The van der Waals surface area contributed by atoms with E-state index in [1.165, 1.54) is 0 Å². The van der Waals surface area contributed by atoms with Crippen LogP contribution in [0.3, 0.4) is 0 Å². The average Bonchev–Trinajstić information content (AvgIpc) is 1.37. The molecule has 7 heavy (non-hydrogen) atoms. The van der Waals surface area contributed by atoms with Gasteiger partial charge in [0.1, 0.15) is 0 Å². The van der Waals surface area contributed by atoms with Crippen molar-refractivity contribution in [1.82, 2.24) is 0 Å². The molecule has 0 amide bonds. The van der Waals surface area contributed by atoms with E-state index in [1.54, 1.807) is 0 Å². The van der Waals surface area contributed by atoms with Crippen LogP contribution < -0.4 is 11.5 Å². The summed E-state index contributed by atoms with van der Waals surface area (Å²) in [6.07, 6.45) is 0. The molecule has 0 atom stereocenters. The van der Waals surface area contributed by atoms with Crippen LogP contribution in [0.1, 0.15) is 0 Å². The molecular weight excluding hydrogens is 148 g/mol. The molecule has 0 unspecified atom stereocenters. The molecule has 0 aliphatic carbocycles. The molecule has 0 aliphatic heterocycles. The van der Waals surface area contributed by atoms with E-state index in [9.17, 15) is 0 Å². The molecule has 4 nitrogen and oxygen atoms in total. The van der Waals surface area contributed by atoms with Gasteiger partial charge in [-0.15, -0.1) is 0 Å². The Labute approximate surface area is 53.3 Å². The van der Waals surface area contributed by atoms with Crippen LogP contribution in [0.4, 0.5) is 0 Å². The van der Waals surface area contributed by atoms with Gasteiger partial charge in [0, 0.05) is 30.2 Å². The van der Waals surface area contributed by atoms with E-state index >= 15 is 0 Å². The van der Waals surface area contributed by atoms with Crippen LogP contribution in [0.5, 0.6) is 0 Å². The van der Waals surface area contributed by atoms with Crippen molar-refractivity contribution in [2.75, 3.05) is 13.1 Å². The maximum atomic E-state index is 4.90. The monoisotopic (exact) mass is 159 g/mol. The normalized spacial score (nSPS) is 4.29. The van der Waals surface area contributed by atoms with Gasteiger partial charge in [-0.2, -0.15) is 0 Å². The van der Waals surface area contributed by atoms with Crippen LogP contribution >= 0.6 is 0 Å². The summed E-state index contributed by atoms with van der Waals surface area (Å²) in [4.78, 5) is 0. The second kappa shape index (κ2) is 32.8. The Morgan fingerprint density at radius 1 is 0.857 bits per heavy atom. The van der Waals surface area contributed by atoms with Gasteiger partial charge in [0.25, 0.3) is 0 Å². The molecular formula is C2H12CuN2O2. The van der Waals surface area contributed by atoms with E-state index in [0.29, 0.717) is 13.1 Å². The third kappa shape index (κ3) is 65.4. The fourth-order valence-corrected chi connectivity index (χ4v) is 0. The standard InChI is InChI=1S/C2H8N2.Cu.2H2O/c3-1-2-4;;;/h1-4H2;;2*1H2. The molecule has 0 fully saturated rings. The van der Waals surface area contributed by atoms with Gasteiger partial charge in [0.05, 0.1) is 0 Å². The Hall–Kier alpha value is 0.359. The summed E-state index contributed by atoms with van der Waals surface area (Å²) in [7, 11) is 0. The van der Waals surface area contributed by atoms with Crippen molar-refractivity contribution < 1.29 is 28.0 Å². The first-order chi connectivity index (χ1) is 1.91. The average molecular weight is 160 g/mol. The molecule has 0 aliphatic rings. The van der Waals surface area contributed by atoms with Crippen molar-refractivity contribution in [3.63, 3.8) is 0 Å². The predicted molar refractivity (Wildman–Crippen MR) is 25.3 cm³/mol. The number of rotatable bonds is 1. The zero-order valence-corrected chi connectivity index (χ0v) is 4.81. The largest absolute Gasteiger partial charge is 0.412 e. The Bertz CT molecular complexity index is 15.7. The van der Waals surface area contributed by atoms with Gasteiger partial charge in [-0.1, -0.05) is 0 Å². The van der Waals surface area contributed by atoms with Crippen LogP contribution in [-0.4, -0.2) is 24.0 Å². The SMILES string of the molecule is NCCN.O.O.[Cu]. The maximum absolute atomic E-state index is 4.90. The Kier molecular flexibility index (Phi) is 124. The third-order valence-corrected chi connectivity index (χ3v) is 0.167. The predicted octanol–water partition coefficient (Wildman–Crippen LogP) is -2.75. The molecule has 1 radical (unpaired) electrons. The van der Waals surface area contributed by atoms with Crippen LogP contribution in [0.15, 0.2) is 0 Å². The zero-order valence-electron chi connectivity index (χ0n) is 3.87. The van der Waals surface area contributed by atoms with Crippen molar-refractivity contribution in [1.29, 1.82) is 0 Å². The van der Waals surface area contributed by atoms with Crippen LogP contribution in [0, 0.1) is 0 Å². The Morgan fingerprint density at radius 2 is 1.00 bits per heavy atom. The second-order valence-electron chi connectivity index (χ2n) is 0.577. The van der Waals surface area contributed by atoms with E-state index in [0.717, 1.165) is 0 Å². The minimum atomic E-state index is 0. The van der Waals surface area contributed by atoms with Crippen LogP contribution in [0.25, 0.3) is 0 Å². The summed E-state index contributed by atoms with van der Waals surface area (Å²) in [5.74, 6) is 0. The summed E-state index contributed by atoms with van der Waals surface area (Å²) >= 11 is 0. The van der Waals surface area contributed by atoms with E-state index in [-0.39, 0.29) is 28.0 Å². The quantitative estimate of drug-likeness (QED) is 0.404. The molecule has 0 aromatic carbocycles. The first-order valence-corrected chi connectivity index (χ1v) is 1.32. The van der Waals surface area contributed by atoms with Crippen molar-refractivity contribution in [2.45, 2.75) is 0 Å². The molecule has 0 heterocycles. The van der Waals surface area contributed by atoms with E-state index in [4.69, 9.17) is 11.5 Å². The minimum absolute atomic E-state index is 0. The van der Waals surface area contributed by atoms with E-state index in [2.05, 4.69) is 0 Å². The number of hydrogen-bond acceptors (Lipinski definition) is 2. The molecule has 8 N–H and O–H groups in total. The van der Waals surface area contributed by atoms with E-state index in [1.807, 2.05) is 0 Å². The Balaban J connectivity index is -0.0000000150. The Morgan fingerprint density at radius 3 is 1.00 bits per heavy atom. The van der Waals surface area contributed by atoms with Gasteiger partial charge >= 0.3 is 0 Å². The third-order valence-electron chi connectivity index (χ3n) is 0.167. The van der Waals surface area contributed by atoms with E-state index < -0.39 is 0 Å². The van der Waals surface area contributed by atoms with Crippen molar-refractivity contribution in [3.8, 4) is 0 Å². The summed E-state index contributed by atoms with van der Waals surface area (Å²) in [6, 6.07) is 0. The topological polar surface area (TPSA) is 115 Å². The second-order valence-corrected chi connectivity index (χ2v) is 0.577. The molecule has 0 saturated heterocycles. The van der Waals surface area contributed by atoms with Crippen molar-refractivity contribution >= 4 is 0 Å². The minimum Gasteiger partial charge on any atom is -0.412 e. The molecule has 0 saturated carbocycles. The van der Waals surface area contributed by atoms with Gasteiger partial charge in [-0.05, 0) is 0 Å². The van der Waals surface area contributed by atoms with Gasteiger partial charge in [-0.25, -0.2) is 0 Å². The summed E-state index contributed by atoms with van der Waals surface area (Å²) in [6.45, 7) is 1.19. The molecule has 0 bridgehead atoms. The van der Waals surface area contributed by atoms with Gasteiger partial charge in [0.15, 0.2) is 0 Å². The van der Waals surface area contributed by atoms with Gasteiger partial charge < -0.3 is 22.4 Å². The number of hydrogen-bond donors (Lipinski definition) is 2. The van der Waals surface area contributed by atoms with Crippen LogP contribution in [0.2, 0.25) is 0 Å². The molecule has 0 spiro atoms. The summed E-state index contributed by atoms with van der Waals surface area (Å²) in [5, 5.41) is 0. The molecule has 5 heteroatoms. The smallest absolute Gasteiger partial charge is 0.00461 e. The fraction of sp³-hybridized carbons (Fsp3) is 1.00. The maximum Gasteiger partial charge on any atom is 0.00461 e. The van der Waals surface area contributed by atoms with Crippen molar-refractivity contribution in [2.24, 2.45) is 11.5 Å².